The van der Waals surface area contributed by atoms with Gasteiger partial charge in [-0.1, -0.05) is 0 Å². The SMILES string of the molecule is Cc1ccc(-c2ncccc2O[C@@H]2OC(S(=O)(=O)O)[C@@H](O)[C@H](O)[C@H]2O)o1. The van der Waals surface area contributed by atoms with Gasteiger partial charge in [-0.15, -0.1) is 0 Å². The second-order valence-electron chi connectivity index (χ2n) is 5.74. The minimum atomic E-state index is -4.87. The number of ether oxygens (including phenoxy) is 2. The predicted octanol–water partition coefficient (Wildman–Crippen LogP) is -0.318. The molecule has 3 heterocycles. The van der Waals surface area contributed by atoms with Gasteiger partial charge in [0, 0.05) is 6.20 Å². The van der Waals surface area contributed by atoms with Crippen molar-refractivity contribution >= 4 is 10.1 Å². The molecule has 2 aromatic heterocycles. The molecule has 0 aliphatic carbocycles. The number of aryl methyl sites for hydroxylation is 1. The molecule has 1 aliphatic rings. The predicted molar refractivity (Wildman–Crippen MR) is 85.5 cm³/mol. The quantitative estimate of drug-likeness (QED) is 0.512. The first kappa shape index (κ1) is 18.8. The Kier molecular flexibility index (Phi) is 5.01. The van der Waals surface area contributed by atoms with Crippen molar-refractivity contribution in [1.29, 1.82) is 0 Å². The van der Waals surface area contributed by atoms with Crippen molar-refractivity contribution in [1.82, 2.24) is 4.98 Å². The van der Waals surface area contributed by atoms with Crippen LogP contribution in [0, 0.1) is 6.92 Å². The molecule has 0 spiro atoms. The van der Waals surface area contributed by atoms with Crippen molar-refractivity contribution in [2.75, 3.05) is 0 Å². The maximum atomic E-state index is 11.3. The van der Waals surface area contributed by atoms with Crippen LogP contribution in [0.3, 0.4) is 0 Å². The summed E-state index contributed by atoms with van der Waals surface area (Å²) in [5.74, 6) is 1.05. The van der Waals surface area contributed by atoms with Gasteiger partial charge in [0.2, 0.25) is 11.7 Å². The Hall–Kier alpha value is -2.02. The highest BCUT2D eigenvalue weighted by Crippen LogP contribution is 2.32. The van der Waals surface area contributed by atoms with Crippen molar-refractivity contribution in [2.45, 2.75) is 37.0 Å². The molecule has 1 unspecified atom stereocenters. The van der Waals surface area contributed by atoms with Crippen LogP contribution in [-0.4, -0.2) is 63.3 Å². The first-order chi connectivity index (χ1) is 12.2. The third-order valence-electron chi connectivity index (χ3n) is 3.81. The lowest BCUT2D eigenvalue weighted by Crippen LogP contribution is -2.61. The molecule has 142 valence electrons. The van der Waals surface area contributed by atoms with Crippen molar-refractivity contribution in [3.8, 4) is 17.2 Å². The molecule has 10 nitrogen and oxygen atoms in total. The summed E-state index contributed by atoms with van der Waals surface area (Å²) >= 11 is 0. The van der Waals surface area contributed by atoms with Crippen LogP contribution in [-0.2, 0) is 14.9 Å². The molecule has 0 radical (unpaired) electrons. The number of aliphatic hydroxyl groups excluding tert-OH is 3. The largest absolute Gasteiger partial charge is 0.460 e. The van der Waals surface area contributed by atoms with E-state index in [2.05, 4.69) is 4.98 Å². The maximum Gasteiger partial charge on any atom is 0.295 e. The summed E-state index contributed by atoms with van der Waals surface area (Å²) < 4.78 is 47.7. The Morgan fingerprint density at radius 3 is 2.46 bits per heavy atom. The molecule has 3 rings (SSSR count). The van der Waals surface area contributed by atoms with Crippen LogP contribution in [0.25, 0.3) is 11.5 Å². The number of nitrogens with zero attached hydrogens (tertiary/aromatic N) is 1. The van der Waals surface area contributed by atoms with Crippen molar-refractivity contribution in [2.24, 2.45) is 0 Å². The fourth-order valence-corrected chi connectivity index (χ4v) is 3.28. The van der Waals surface area contributed by atoms with Crippen LogP contribution < -0.4 is 4.74 Å². The summed E-state index contributed by atoms with van der Waals surface area (Å²) in [6, 6.07) is 6.34. The lowest BCUT2D eigenvalue weighted by Gasteiger charge is -2.38. The highest BCUT2D eigenvalue weighted by atomic mass is 32.2. The van der Waals surface area contributed by atoms with Crippen LogP contribution >= 0.6 is 0 Å². The van der Waals surface area contributed by atoms with E-state index in [4.69, 9.17) is 18.4 Å². The average molecular weight is 387 g/mol. The third kappa shape index (κ3) is 3.58. The normalized spacial score (nSPS) is 29.5. The minimum absolute atomic E-state index is 0.0728. The topological polar surface area (TPSA) is 160 Å². The van der Waals surface area contributed by atoms with E-state index in [-0.39, 0.29) is 11.4 Å². The third-order valence-corrected chi connectivity index (χ3v) is 4.78. The van der Waals surface area contributed by atoms with Gasteiger partial charge < -0.3 is 29.2 Å². The van der Waals surface area contributed by atoms with Gasteiger partial charge in [-0.2, -0.15) is 8.42 Å². The fourth-order valence-electron chi connectivity index (χ4n) is 2.52. The zero-order valence-electron chi connectivity index (χ0n) is 13.5. The molecular weight excluding hydrogens is 370 g/mol. The van der Waals surface area contributed by atoms with E-state index in [1.807, 2.05) is 0 Å². The second kappa shape index (κ2) is 6.95. The summed E-state index contributed by atoms with van der Waals surface area (Å²) in [7, 11) is -4.87. The molecular formula is C15H17NO9S. The van der Waals surface area contributed by atoms with Gasteiger partial charge in [-0.25, -0.2) is 4.98 Å². The molecule has 11 heteroatoms. The molecule has 0 aromatic carbocycles. The zero-order chi connectivity index (χ0) is 19.1. The Bertz CT molecular complexity index is 881. The number of hydrogen-bond donors (Lipinski definition) is 4. The van der Waals surface area contributed by atoms with E-state index >= 15 is 0 Å². The van der Waals surface area contributed by atoms with Gasteiger partial charge in [-0.05, 0) is 31.2 Å². The number of hydrogen-bond acceptors (Lipinski definition) is 9. The van der Waals surface area contributed by atoms with Crippen LogP contribution in [0.2, 0.25) is 0 Å². The number of rotatable bonds is 4. The lowest BCUT2D eigenvalue weighted by atomic mass is 10.1. The zero-order valence-corrected chi connectivity index (χ0v) is 14.3. The van der Waals surface area contributed by atoms with Crippen LogP contribution in [0.1, 0.15) is 5.76 Å². The summed E-state index contributed by atoms with van der Waals surface area (Å²) in [5, 5.41) is 29.6. The molecule has 5 atom stereocenters. The van der Waals surface area contributed by atoms with E-state index in [9.17, 15) is 23.7 Å². The first-order valence-electron chi connectivity index (χ1n) is 7.53. The summed E-state index contributed by atoms with van der Waals surface area (Å²) in [5.41, 5.74) is -1.93. The van der Waals surface area contributed by atoms with E-state index in [0.717, 1.165) is 0 Å². The van der Waals surface area contributed by atoms with Gasteiger partial charge in [0.05, 0.1) is 0 Å². The van der Waals surface area contributed by atoms with E-state index in [1.54, 1.807) is 19.1 Å². The molecule has 1 saturated heterocycles. The van der Waals surface area contributed by atoms with Gasteiger partial charge >= 0.3 is 0 Å². The molecule has 1 fully saturated rings. The molecule has 0 bridgehead atoms. The number of furan rings is 1. The number of pyridine rings is 1. The lowest BCUT2D eigenvalue weighted by molar-refractivity contribution is -0.254. The smallest absolute Gasteiger partial charge is 0.295 e. The van der Waals surface area contributed by atoms with E-state index in [1.165, 1.54) is 18.3 Å². The number of aliphatic hydroxyl groups is 3. The van der Waals surface area contributed by atoms with E-state index in [0.29, 0.717) is 11.5 Å². The van der Waals surface area contributed by atoms with Crippen molar-refractivity contribution in [3.05, 3.63) is 36.2 Å². The summed E-state index contributed by atoms with van der Waals surface area (Å²) in [4.78, 5) is 4.12. The Morgan fingerprint density at radius 1 is 1.12 bits per heavy atom. The first-order valence-corrected chi connectivity index (χ1v) is 9.03. The van der Waals surface area contributed by atoms with Crippen molar-refractivity contribution < 1.29 is 42.2 Å². The summed E-state index contributed by atoms with van der Waals surface area (Å²) in [6.07, 6.45) is -5.99. The highest BCUT2D eigenvalue weighted by Gasteiger charge is 2.50. The van der Waals surface area contributed by atoms with Crippen LogP contribution in [0.4, 0.5) is 0 Å². The molecule has 2 aromatic rings. The average Bonchev–Trinajstić information content (AvgIpc) is 3.01. The van der Waals surface area contributed by atoms with Crippen molar-refractivity contribution in [3.63, 3.8) is 0 Å². The standard InChI is InChI=1S/C15H17NO9S/c1-7-4-5-9(23-7)10-8(3-2-6-16-10)24-14-12(18)11(17)13(19)15(25-14)26(20,21)22/h2-6,11-15,17-19H,1H3,(H,20,21,22)/t11-,12-,13+,14-,15?/m1/s1. The van der Waals surface area contributed by atoms with E-state index < -0.39 is 40.2 Å². The minimum Gasteiger partial charge on any atom is -0.460 e. The maximum absolute atomic E-state index is 11.3. The Labute approximate surface area is 148 Å². The van der Waals surface area contributed by atoms with Crippen LogP contribution in [0.15, 0.2) is 34.9 Å². The fraction of sp³-hybridized carbons (Fsp3) is 0.400. The number of aromatic nitrogens is 1. The molecule has 1 aliphatic heterocycles. The molecule has 0 amide bonds. The molecule has 4 N–H and O–H groups in total. The second-order valence-corrected chi connectivity index (χ2v) is 7.23. The highest BCUT2D eigenvalue weighted by molar-refractivity contribution is 7.86. The monoisotopic (exact) mass is 387 g/mol. The van der Waals surface area contributed by atoms with Gasteiger partial charge in [0.15, 0.2) is 11.5 Å². The van der Waals surface area contributed by atoms with Gasteiger partial charge in [-0.3, -0.25) is 4.55 Å². The Morgan fingerprint density at radius 2 is 1.85 bits per heavy atom. The van der Waals surface area contributed by atoms with Gasteiger partial charge in [0.1, 0.15) is 29.8 Å². The molecule has 0 saturated carbocycles. The Balaban J connectivity index is 1.91. The molecule has 26 heavy (non-hydrogen) atoms. The van der Waals surface area contributed by atoms with Gasteiger partial charge in [0.25, 0.3) is 10.1 Å². The summed E-state index contributed by atoms with van der Waals surface area (Å²) in [6.45, 7) is 1.73. The van der Waals surface area contributed by atoms with Crippen LogP contribution in [0.5, 0.6) is 5.75 Å².